The van der Waals surface area contributed by atoms with Crippen LogP contribution in [0.1, 0.15) is 46.1 Å². The van der Waals surface area contributed by atoms with Crippen LogP contribution in [0, 0.1) is 0 Å². The maximum Gasteiger partial charge on any atom is 0.410 e. The normalized spacial score (nSPS) is 11.8. The average Bonchev–Trinajstić information content (AvgIpc) is 2.56. The van der Waals surface area contributed by atoms with Gasteiger partial charge in [-0.2, -0.15) is 0 Å². The number of nitrogens with one attached hydrogen (secondary N) is 1. The summed E-state index contributed by atoms with van der Waals surface area (Å²) in [7, 11) is 1.60. The van der Waals surface area contributed by atoms with E-state index >= 15 is 0 Å². The molecule has 3 N–H and O–H groups in total. The minimum absolute atomic E-state index is 0. The molecule has 0 fully saturated rings. The number of amides is 1. The third-order valence-corrected chi connectivity index (χ3v) is 3.69. The maximum absolute atomic E-state index is 12.3. The van der Waals surface area contributed by atoms with Gasteiger partial charge in [-0.3, -0.25) is 4.99 Å². The highest BCUT2D eigenvalue weighted by Gasteiger charge is 2.21. The zero-order valence-electron chi connectivity index (χ0n) is 17.8. The predicted octanol–water partition coefficient (Wildman–Crippen LogP) is 4.04. The molecule has 0 radical (unpaired) electrons. The predicted molar refractivity (Wildman–Crippen MR) is 126 cm³/mol. The van der Waals surface area contributed by atoms with Gasteiger partial charge in [-0.25, -0.2) is 4.79 Å². The third kappa shape index (κ3) is 10.7. The van der Waals surface area contributed by atoms with Crippen LogP contribution < -0.4 is 11.1 Å². The van der Waals surface area contributed by atoms with Gasteiger partial charge < -0.3 is 25.4 Å². The SMILES string of the molecule is COCCN(CCN=C(N)Nc1cccc(C(C)C)c1)C(=O)OC(C)(C)C.I. The Labute approximate surface area is 186 Å². The molecule has 0 bridgehead atoms. The zero-order chi connectivity index (χ0) is 20.4. The lowest BCUT2D eigenvalue weighted by Gasteiger charge is -2.26. The molecule has 1 amide bonds. The van der Waals surface area contributed by atoms with E-state index in [9.17, 15) is 4.79 Å². The summed E-state index contributed by atoms with van der Waals surface area (Å²) in [5.74, 6) is 0.750. The molecule has 0 saturated carbocycles. The molecule has 0 aliphatic heterocycles. The number of hydrogen-bond acceptors (Lipinski definition) is 4. The molecule has 1 aromatic carbocycles. The van der Waals surface area contributed by atoms with Gasteiger partial charge in [0.1, 0.15) is 5.60 Å². The van der Waals surface area contributed by atoms with E-state index in [2.05, 4.69) is 36.3 Å². The van der Waals surface area contributed by atoms with E-state index in [-0.39, 0.29) is 30.1 Å². The van der Waals surface area contributed by atoms with Gasteiger partial charge in [-0.1, -0.05) is 26.0 Å². The summed E-state index contributed by atoms with van der Waals surface area (Å²) < 4.78 is 10.5. The van der Waals surface area contributed by atoms with Crippen LogP contribution in [-0.2, 0) is 9.47 Å². The Bertz CT molecular complexity index is 630. The zero-order valence-corrected chi connectivity index (χ0v) is 20.2. The lowest BCUT2D eigenvalue weighted by atomic mass is 10.0. The van der Waals surface area contributed by atoms with Crippen molar-refractivity contribution in [2.45, 2.75) is 46.1 Å². The Morgan fingerprint density at radius 1 is 1.29 bits per heavy atom. The van der Waals surface area contributed by atoms with Crippen molar-refractivity contribution in [2.24, 2.45) is 10.7 Å². The number of nitrogens with two attached hydrogens (primary N) is 1. The second kappa shape index (κ2) is 12.8. The number of methoxy groups -OCH3 is 1. The molecule has 160 valence electrons. The van der Waals surface area contributed by atoms with Gasteiger partial charge >= 0.3 is 6.09 Å². The lowest BCUT2D eigenvalue weighted by Crippen LogP contribution is -2.40. The lowest BCUT2D eigenvalue weighted by molar-refractivity contribution is 0.0208. The standard InChI is InChI=1S/C20H34N4O3.HI/c1-15(2)16-8-7-9-17(14-16)23-18(21)22-10-11-24(12-13-26-6)19(25)27-20(3,4)5;/h7-9,14-15H,10-13H2,1-6H3,(H3,21,22,23);1H. The number of hydrogen-bond donors (Lipinski definition) is 2. The first-order valence-corrected chi connectivity index (χ1v) is 9.26. The van der Waals surface area contributed by atoms with E-state index in [1.54, 1.807) is 12.0 Å². The third-order valence-electron chi connectivity index (χ3n) is 3.69. The highest BCUT2D eigenvalue weighted by molar-refractivity contribution is 14.0. The van der Waals surface area contributed by atoms with Gasteiger partial charge in [0, 0.05) is 25.9 Å². The Hall–Kier alpha value is -1.55. The number of guanidine groups is 1. The first-order valence-electron chi connectivity index (χ1n) is 9.26. The molecule has 0 aliphatic carbocycles. The second-order valence-corrected chi connectivity index (χ2v) is 7.63. The van der Waals surface area contributed by atoms with E-state index in [1.807, 2.05) is 32.9 Å². The van der Waals surface area contributed by atoms with Crippen molar-refractivity contribution in [1.29, 1.82) is 0 Å². The summed E-state index contributed by atoms with van der Waals surface area (Å²) in [4.78, 5) is 18.2. The number of anilines is 1. The molecule has 0 spiro atoms. The largest absolute Gasteiger partial charge is 0.444 e. The number of carbonyl (C=O) groups is 1. The first kappa shape index (κ1) is 26.4. The van der Waals surface area contributed by atoms with Crippen molar-refractivity contribution in [2.75, 3.05) is 38.7 Å². The molecular formula is C20H35IN4O3. The van der Waals surface area contributed by atoms with E-state index in [1.165, 1.54) is 5.56 Å². The van der Waals surface area contributed by atoms with Gasteiger partial charge in [0.05, 0.1) is 13.2 Å². The Kier molecular flexibility index (Phi) is 12.1. The molecule has 0 aromatic heterocycles. The molecule has 1 aromatic rings. The number of rotatable bonds is 8. The van der Waals surface area contributed by atoms with Crippen LogP contribution in [0.15, 0.2) is 29.3 Å². The maximum atomic E-state index is 12.3. The Morgan fingerprint density at radius 2 is 1.96 bits per heavy atom. The molecule has 0 unspecified atom stereocenters. The summed E-state index contributed by atoms with van der Waals surface area (Å²) in [6.45, 7) is 11.4. The highest BCUT2D eigenvalue weighted by atomic mass is 127. The molecule has 0 aliphatic rings. The van der Waals surface area contributed by atoms with Crippen molar-refractivity contribution >= 4 is 41.7 Å². The molecule has 1 rings (SSSR count). The van der Waals surface area contributed by atoms with E-state index in [0.29, 0.717) is 38.1 Å². The quantitative estimate of drug-likeness (QED) is 0.316. The Morgan fingerprint density at radius 3 is 2.54 bits per heavy atom. The molecule has 0 atom stereocenters. The van der Waals surface area contributed by atoms with Crippen LogP contribution in [-0.4, -0.2) is 55.9 Å². The van der Waals surface area contributed by atoms with Crippen LogP contribution in [0.3, 0.4) is 0 Å². The van der Waals surface area contributed by atoms with Crippen molar-refractivity contribution in [3.8, 4) is 0 Å². The number of halogens is 1. The first-order chi connectivity index (χ1) is 12.6. The molecule has 8 heteroatoms. The minimum Gasteiger partial charge on any atom is -0.444 e. The highest BCUT2D eigenvalue weighted by Crippen LogP contribution is 2.18. The molecule has 28 heavy (non-hydrogen) atoms. The summed E-state index contributed by atoms with van der Waals surface area (Å²) in [5, 5.41) is 3.09. The Balaban J connectivity index is 0.00000729. The number of ether oxygens (including phenoxy) is 2. The fourth-order valence-electron chi connectivity index (χ4n) is 2.28. The number of carbonyl (C=O) groups excluding carboxylic acids is 1. The van der Waals surface area contributed by atoms with Gasteiger partial charge in [0.2, 0.25) is 0 Å². The summed E-state index contributed by atoms with van der Waals surface area (Å²) in [5.41, 5.74) is 7.55. The monoisotopic (exact) mass is 506 g/mol. The molecule has 0 saturated heterocycles. The molecule has 0 heterocycles. The van der Waals surface area contributed by atoms with Gasteiger partial charge in [0.25, 0.3) is 0 Å². The number of aliphatic imine (C=N–C) groups is 1. The summed E-state index contributed by atoms with van der Waals surface area (Å²) in [6.07, 6.45) is -0.383. The fraction of sp³-hybridized carbons (Fsp3) is 0.600. The number of benzene rings is 1. The van der Waals surface area contributed by atoms with Crippen molar-refractivity contribution in [1.82, 2.24) is 4.90 Å². The topological polar surface area (TPSA) is 89.2 Å². The summed E-state index contributed by atoms with van der Waals surface area (Å²) in [6, 6.07) is 8.07. The van der Waals surface area contributed by atoms with Crippen LogP contribution >= 0.6 is 24.0 Å². The van der Waals surface area contributed by atoms with Crippen LogP contribution in [0.2, 0.25) is 0 Å². The van der Waals surface area contributed by atoms with Crippen molar-refractivity contribution < 1.29 is 14.3 Å². The number of nitrogens with zero attached hydrogens (tertiary/aromatic N) is 2. The summed E-state index contributed by atoms with van der Waals surface area (Å²) >= 11 is 0. The second-order valence-electron chi connectivity index (χ2n) is 7.63. The smallest absolute Gasteiger partial charge is 0.410 e. The van der Waals surface area contributed by atoms with E-state index in [4.69, 9.17) is 15.2 Å². The fourth-order valence-corrected chi connectivity index (χ4v) is 2.28. The van der Waals surface area contributed by atoms with Gasteiger partial charge in [-0.15, -0.1) is 24.0 Å². The van der Waals surface area contributed by atoms with Gasteiger partial charge in [0.15, 0.2) is 5.96 Å². The average molecular weight is 506 g/mol. The van der Waals surface area contributed by atoms with E-state index in [0.717, 1.165) is 5.69 Å². The van der Waals surface area contributed by atoms with Crippen LogP contribution in [0.25, 0.3) is 0 Å². The molecular weight excluding hydrogens is 471 g/mol. The molecule has 7 nitrogen and oxygen atoms in total. The van der Waals surface area contributed by atoms with E-state index < -0.39 is 5.60 Å². The van der Waals surface area contributed by atoms with Crippen LogP contribution in [0.5, 0.6) is 0 Å². The van der Waals surface area contributed by atoms with Crippen molar-refractivity contribution in [3.05, 3.63) is 29.8 Å². The van der Waals surface area contributed by atoms with Crippen LogP contribution in [0.4, 0.5) is 10.5 Å². The van der Waals surface area contributed by atoms with Gasteiger partial charge in [-0.05, 0) is 44.4 Å². The minimum atomic E-state index is -0.548. The van der Waals surface area contributed by atoms with Crippen molar-refractivity contribution in [3.63, 3.8) is 0 Å².